The van der Waals surface area contributed by atoms with Gasteiger partial charge in [0.1, 0.15) is 0 Å². The second-order valence-corrected chi connectivity index (χ2v) is 6.73. The van der Waals surface area contributed by atoms with Crippen molar-refractivity contribution in [3.8, 4) is 0 Å². The SMILES string of the molecule is C=CC(=O)N(C(=O)N(N)CC(F)F)c1ccc(Cl)c(C(=O)OC(C)(C)C(C)=O)c1. The van der Waals surface area contributed by atoms with Gasteiger partial charge in [0, 0.05) is 0 Å². The van der Waals surface area contributed by atoms with Gasteiger partial charge in [-0.25, -0.2) is 29.1 Å². The average Bonchev–Trinajstić information content (AvgIpc) is 2.61. The topological polar surface area (TPSA) is 110 Å². The summed E-state index contributed by atoms with van der Waals surface area (Å²) in [5.41, 5.74) is -1.90. The lowest BCUT2D eigenvalue weighted by Crippen LogP contribution is -2.51. The summed E-state index contributed by atoms with van der Waals surface area (Å²) in [6, 6.07) is 2.15. The van der Waals surface area contributed by atoms with E-state index < -0.39 is 42.3 Å². The van der Waals surface area contributed by atoms with E-state index in [-0.39, 0.29) is 21.3 Å². The van der Waals surface area contributed by atoms with E-state index in [1.165, 1.54) is 32.9 Å². The number of anilines is 1. The first-order chi connectivity index (χ1) is 13.3. The number of nitrogens with two attached hydrogens (primary N) is 1. The Hall–Kier alpha value is -2.85. The van der Waals surface area contributed by atoms with Crippen molar-refractivity contribution < 1.29 is 32.7 Å². The van der Waals surface area contributed by atoms with E-state index >= 15 is 0 Å². The first-order valence-corrected chi connectivity index (χ1v) is 8.54. The van der Waals surface area contributed by atoms with Crippen LogP contribution in [0.15, 0.2) is 30.9 Å². The molecule has 0 radical (unpaired) electrons. The molecule has 0 aliphatic rings. The second kappa shape index (κ2) is 9.57. The van der Waals surface area contributed by atoms with Crippen LogP contribution in [-0.2, 0) is 14.3 Å². The van der Waals surface area contributed by atoms with E-state index in [1.54, 1.807) is 0 Å². The van der Waals surface area contributed by atoms with Crippen LogP contribution in [0.4, 0.5) is 19.3 Å². The van der Waals surface area contributed by atoms with Crippen LogP contribution in [0.1, 0.15) is 31.1 Å². The van der Waals surface area contributed by atoms with Crippen LogP contribution in [-0.4, -0.2) is 47.3 Å². The lowest BCUT2D eigenvalue weighted by molar-refractivity contribution is -0.132. The Labute approximate surface area is 170 Å². The number of carbonyl (C=O) groups excluding carboxylic acids is 4. The smallest absolute Gasteiger partial charge is 0.345 e. The van der Waals surface area contributed by atoms with E-state index in [9.17, 15) is 28.0 Å². The van der Waals surface area contributed by atoms with Gasteiger partial charge in [0.15, 0.2) is 11.4 Å². The molecule has 0 heterocycles. The summed E-state index contributed by atoms with van der Waals surface area (Å²) in [5.74, 6) is 2.91. The van der Waals surface area contributed by atoms with E-state index in [1.807, 2.05) is 0 Å². The summed E-state index contributed by atoms with van der Waals surface area (Å²) in [7, 11) is 0. The zero-order valence-electron chi connectivity index (χ0n) is 15.9. The van der Waals surface area contributed by atoms with Crippen LogP contribution in [0, 0.1) is 0 Å². The van der Waals surface area contributed by atoms with E-state index in [0.717, 1.165) is 12.1 Å². The molecule has 0 fully saturated rings. The molecule has 1 aromatic rings. The number of benzene rings is 1. The van der Waals surface area contributed by atoms with Gasteiger partial charge >= 0.3 is 12.0 Å². The van der Waals surface area contributed by atoms with Crippen molar-refractivity contribution in [3.63, 3.8) is 0 Å². The van der Waals surface area contributed by atoms with Crippen molar-refractivity contribution >= 4 is 41.0 Å². The van der Waals surface area contributed by atoms with Gasteiger partial charge in [0.05, 0.1) is 22.8 Å². The summed E-state index contributed by atoms with van der Waals surface area (Å²) in [5, 5.41) is 0.0612. The highest BCUT2D eigenvalue weighted by Gasteiger charge is 2.31. The number of hydrazine groups is 1. The molecular formula is C18H20ClF2N3O5. The quantitative estimate of drug-likeness (QED) is 0.234. The van der Waals surface area contributed by atoms with Crippen LogP contribution < -0.4 is 10.7 Å². The number of hydrogen-bond acceptors (Lipinski definition) is 6. The molecule has 0 bridgehead atoms. The Morgan fingerprint density at radius 1 is 1.31 bits per heavy atom. The number of nitrogens with zero attached hydrogens (tertiary/aromatic N) is 2. The van der Waals surface area contributed by atoms with Gasteiger partial charge in [0.2, 0.25) is 0 Å². The fourth-order valence-electron chi connectivity index (χ4n) is 1.95. The molecule has 0 aliphatic carbocycles. The number of alkyl halides is 2. The van der Waals surface area contributed by atoms with Crippen molar-refractivity contribution in [3.05, 3.63) is 41.4 Å². The van der Waals surface area contributed by atoms with Crippen molar-refractivity contribution in [2.24, 2.45) is 5.84 Å². The minimum Gasteiger partial charge on any atom is -0.448 e. The van der Waals surface area contributed by atoms with Crippen molar-refractivity contribution in [2.45, 2.75) is 32.8 Å². The molecule has 1 aromatic carbocycles. The fraction of sp³-hybridized carbons (Fsp3) is 0.333. The molecule has 2 N–H and O–H groups in total. The Kier molecular flexibility index (Phi) is 7.98. The molecule has 0 atom stereocenters. The van der Waals surface area contributed by atoms with E-state index in [0.29, 0.717) is 4.90 Å². The number of hydrogen-bond donors (Lipinski definition) is 1. The molecule has 11 heteroatoms. The molecule has 0 aromatic heterocycles. The second-order valence-electron chi connectivity index (χ2n) is 6.32. The van der Waals surface area contributed by atoms with Gasteiger partial charge in [-0.15, -0.1) is 0 Å². The average molecular weight is 432 g/mol. The van der Waals surface area contributed by atoms with Crippen LogP contribution in [0.2, 0.25) is 5.02 Å². The number of ketones is 1. The van der Waals surface area contributed by atoms with Gasteiger partial charge in [-0.2, -0.15) is 0 Å². The normalized spacial score (nSPS) is 11.0. The highest BCUT2D eigenvalue weighted by Crippen LogP contribution is 2.27. The number of rotatable bonds is 7. The first-order valence-electron chi connectivity index (χ1n) is 8.16. The van der Waals surface area contributed by atoms with Crippen molar-refractivity contribution in [1.82, 2.24) is 5.01 Å². The van der Waals surface area contributed by atoms with Crippen LogP contribution in [0.5, 0.6) is 0 Å². The maximum atomic E-state index is 12.5. The standard InChI is InChI=1S/C18H20ClF2N3O5/c1-5-15(26)24(17(28)23(22)9-14(20)21)11-6-7-13(19)12(8-11)16(27)29-18(3,4)10(2)25/h5-8,14H,1,9,22H2,2-4H3. The molecule has 8 nitrogen and oxygen atoms in total. The van der Waals surface area contributed by atoms with Gasteiger partial charge in [-0.3, -0.25) is 14.6 Å². The number of halogens is 3. The number of amides is 3. The lowest BCUT2D eigenvalue weighted by atomic mass is 10.1. The van der Waals surface area contributed by atoms with Crippen LogP contribution >= 0.6 is 11.6 Å². The summed E-state index contributed by atoms with van der Waals surface area (Å²) in [4.78, 5) is 49.0. The molecule has 3 amide bonds. The third-order valence-corrected chi connectivity index (χ3v) is 4.12. The molecule has 29 heavy (non-hydrogen) atoms. The largest absolute Gasteiger partial charge is 0.448 e. The summed E-state index contributed by atoms with van der Waals surface area (Å²) in [6.45, 7) is 6.09. The number of Topliss-reactive ketones (excluding diaryl/α,β-unsaturated/α-hetero) is 1. The van der Waals surface area contributed by atoms with Crippen LogP contribution in [0.3, 0.4) is 0 Å². The number of ether oxygens (including phenoxy) is 1. The molecule has 0 aliphatic heterocycles. The third kappa shape index (κ3) is 6.06. The molecule has 0 spiro atoms. The predicted molar refractivity (Wildman–Crippen MR) is 102 cm³/mol. The number of urea groups is 1. The summed E-state index contributed by atoms with van der Waals surface area (Å²) in [6.07, 6.45) is -2.17. The Bertz CT molecular complexity index is 845. The van der Waals surface area contributed by atoms with Crippen LogP contribution in [0.25, 0.3) is 0 Å². The minimum absolute atomic E-state index is 0.0891. The summed E-state index contributed by atoms with van der Waals surface area (Å²) >= 11 is 6.00. The fourth-order valence-corrected chi connectivity index (χ4v) is 2.14. The van der Waals surface area contributed by atoms with Gasteiger partial charge in [-0.05, 0) is 45.0 Å². The first kappa shape index (κ1) is 24.2. The maximum absolute atomic E-state index is 12.5. The van der Waals surface area contributed by atoms with Gasteiger partial charge in [0.25, 0.3) is 12.3 Å². The molecule has 0 unspecified atom stereocenters. The Balaban J connectivity index is 3.36. The molecule has 0 saturated carbocycles. The lowest BCUT2D eigenvalue weighted by Gasteiger charge is -2.26. The molecular weight excluding hydrogens is 412 g/mol. The zero-order chi connectivity index (χ0) is 22.5. The van der Waals surface area contributed by atoms with Crippen molar-refractivity contribution in [1.29, 1.82) is 0 Å². The highest BCUT2D eigenvalue weighted by molar-refractivity contribution is 6.34. The maximum Gasteiger partial charge on any atom is 0.345 e. The number of imide groups is 1. The monoisotopic (exact) mass is 431 g/mol. The van der Waals surface area contributed by atoms with Crippen molar-refractivity contribution in [2.75, 3.05) is 11.4 Å². The number of esters is 1. The van der Waals surface area contributed by atoms with E-state index in [2.05, 4.69) is 6.58 Å². The Morgan fingerprint density at radius 3 is 2.38 bits per heavy atom. The zero-order valence-corrected chi connectivity index (χ0v) is 16.7. The predicted octanol–water partition coefficient (Wildman–Crippen LogP) is 2.94. The Morgan fingerprint density at radius 2 is 1.90 bits per heavy atom. The van der Waals surface area contributed by atoms with Gasteiger partial charge < -0.3 is 4.74 Å². The number of carbonyl (C=O) groups is 4. The molecule has 158 valence electrons. The molecule has 0 saturated heterocycles. The highest BCUT2D eigenvalue weighted by atomic mass is 35.5. The van der Waals surface area contributed by atoms with E-state index in [4.69, 9.17) is 22.2 Å². The molecule has 1 rings (SSSR count). The van der Waals surface area contributed by atoms with Gasteiger partial charge in [-0.1, -0.05) is 18.2 Å². The minimum atomic E-state index is -2.94. The summed E-state index contributed by atoms with van der Waals surface area (Å²) < 4.78 is 30.2. The third-order valence-electron chi connectivity index (χ3n) is 3.79.